The van der Waals surface area contributed by atoms with Gasteiger partial charge in [-0.3, -0.25) is 4.79 Å². The maximum absolute atomic E-state index is 12.8. The second-order valence-corrected chi connectivity index (χ2v) is 6.21. The van der Waals surface area contributed by atoms with Crippen LogP contribution in [0.3, 0.4) is 0 Å². The molecule has 8 nitrogen and oxygen atoms in total. The van der Waals surface area contributed by atoms with Crippen LogP contribution in [0.15, 0.2) is 21.7 Å². The largest absolute Gasteiger partial charge is 0.417 e. The van der Waals surface area contributed by atoms with E-state index in [9.17, 15) is 31.2 Å². The van der Waals surface area contributed by atoms with E-state index in [4.69, 9.17) is 5.26 Å². The average Bonchev–Trinajstić information content (AvgIpc) is 2.40. The Kier molecular flexibility index (Phi) is 3.69. The van der Waals surface area contributed by atoms with Gasteiger partial charge in [-0.25, -0.2) is 18.0 Å². The van der Waals surface area contributed by atoms with Crippen molar-refractivity contribution >= 4 is 20.9 Å². The monoisotopic (exact) mass is 348 g/mol. The van der Waals surface area contributed by atoms with Crippen LogP contribution < -0.4 is 16.1 Å². The third-order valence-corrected chi connectivity index (χ3v) is 3.23. The number of halogens is 3. The Morgan fingerprint density at radius 2 is 1.91 bits per heavy atom. The standard InChI is InChI=1S/C11H7F3N4O4S/c1-23(21,22)17-18-9(19)6-2-5(4-15)7(11(12,13)14)3-8(6)16-10(18)20/h2-3,17H,1H3,(H,16,20). The lowest BCUT2D eigenvalue weighted by Crippen LogP contribution is -2.43. The van der Waals surface area contributed by atoms with E-state index in [2.05, 4.69) is 0 Å². The highest BCUT2D eigenvalue weighted by Crippen LogP contribution is 2.33. The molecule has 1 aromatic carbocycles. The van der Waals surface area contributed by atoms with Crippen molar-refractivity contribution in [1.82, 2.24) is 9.66 Å². The molecule has 0 fully saturated rings. The Morgan fingerprint density at radius 3 is 2.39 bits per heavy atom. The number of benzene rings is 1. The molecule has 122 valence electrons. The highest BCUT2D eigenvalue weighted by atomic mass is 32.2. The van der Waals surface area contributed by atoms with Crippen LogP contribution in [0.25, 0.3) is 10.9 Å². The zero-order valence-electron chi connectivity index (χ0n) is 11.2. The summed E-state index contributed by atoms with van der Waals surface area (Å²) in [7, 11) is -3.99. The maximum Gasteiger partial charge on any atom is 0.417 e. The molecule has 0 aliphatic rings. The molecular formula is C11H7F3N4O4S. The lowest BCUT2D eigenvalue weighted by molar-refractivity contribution is -0.137. The summed E-state index contributed by atoms with van der Waals surface area (Å²) in [4.78, 5) is 27.3. The van der Waals surface area contributed by atoms with E-state index < -0.39 is 49.5 Å². The lowest BCUT2D eigenvalue weighted by atomic mass is 10.1. The molecule has 0 amide bonds. The number of hydrogen-bond acceptors (Lipinski definition) is 5. The van der Waals surface area contributed by atoms with E-state index in [0.717, 1.165) is 0 Å². The van der Waals surface area contributed by atoms with Gasteiger partial charge in [-0.1, -0.05) is 0 Å². The number of rotatable bonds is 2. The van der Waals surface area contributed by atoms with E-state index in [1.165, 1.54) is 6.07 Å². The molecule has 0 unspecified atom stereocenters. The highest BCUT2D eigenvalue weighted by molar-refractivity contribution is 7.91. The molecule has 0 saturated carbocycles. The van der Waals surface area contributed by atoms with Gasteiger partial charge in [0.05, 0.1) is 34.4 Å². The normalized spacial score (nSPS) is 12.1. The summed E-state index contributed by atoms with van der Waals surface area (Å²) < 4.78 is 60.9. The Hall–Kier alpha value is -2.81. The Labute approximate surface area is 125 Å². The predicted molar refractivity (Wildman–Crippen MR) is 72.8 cm³/mol. The molecule has 12 heteroatoms. The number of aromatic nitrogens is 2. The number of nitrogens with one attached hydrogen (secondary N) is 2. The molecule has 23 heavy (non-hydrogen) atoms. The summed E-state index contributed by atoms with van der Waals surface area (Å²) in [6.07, 6.45) is -4.19. The van der Waals surface area contributed by atoms with Gasteiger partial charge in [-0.2, -0.15) is 23.1 Å². The minimum atomic E-state index is -4.87. The van der Waals surface area contributed by atoms with Gasteiger partial charge in [0.1, 0.15) is 0 Å². The number of aromatic amines is 1. The van der Waals surface area contributed by atoms with E-state index >= 15 is 0 Å². The second kappa shape index (κ2) is 5.13. The molecule has 1 aromatic heterocycles. The third-order valence-electron chi connectivity index (χ3n) is 2.72. The van der Waals surface area contributed by atoms with Crippen LogP contribution in [0.2, 0.25) is 0 Å². The molecule has 0 spiro atoms. The molecule has 2 rings (SSSR count). The number of nitriles is 1. The number of nitrogens with zero attached hydrogens (tertiary/aromatic N) is 2. The first-order valence-electron chi connectivity index (χ1n) is 5.72. The minimum absolute atomic E-state index is 0.0894. The number of alkyl halides is 3. The van der Waals surface area contributed by atoms with Gasteiger partial charge >= 0.3 is 11.9 Å². The first kappa shape index (κ1) is 16.6. The van der Waals surface area contributed by atoms with E-state index in [0.29, 0.717) is 18.4 Å². The maximum atomic E-state index is 12.8. The van der Waals surface area contributed by atoms with Gasteiger partial charge in [0.25, 0.3) is 5.56 Å². The van der Waals surface area contributed by atoms with E-state index in [1.807, 2.05) is 4.98 Å². The first-order chi connectivity index (χ1) is 10.4. The number of sulfonamides is 1. The van der Waals surface area contributed by atoms with Crippen LogP contribution in [-0.2, 0) is 16.2 Å². The molecule has 0 saturated heterocycles. The van der Waals surface area contributed by atoms with Crippen LogP contribution in [0.4, 0.5) is 13.2 Å². The molecular weight excluding hydrogens is 341 g/mol. The topological polar surface area (TPSA) is 125 Å². The Bertz CT molecular complexity index is 1060. The summed E-state index contributed by atoms with van der Waals surface area (Å²) >= 11 is 0. The van der Waals surface area contributed by atoms with Crippen LogP contribution >= 0.6 is 0 Å². The Balaban J connectivity index is 2.90. The zero-order chi connectivity index (χ0) is 17.6. The smallest absolute Gasteiger partial charge is 0.305 e. The van der Waals surface area contributed by atoms with Crippen molar-refractivity contribution in [3.05, 3.63) is 44.1 Å². The second-order valence-electron chi connectivity index (χ2n) is 4.49. The minimum Gasteiger partial charge on any atom is -0.305 e. The number of H-pyrrole nitrogens is 1. The zero-order valence-corrected chi connectivity index (χ0v) is 12.0. The fourth-order valence-electron chi connectivity index (χ4n) is 1.84. The van der Waals surface area contributed by atoms with Crippen LogP contribution in [0.5, 0.6) is 0 Å². The predicted octanol–water partition coefficient (Wildman–Crippen LogP) is 0.0834. The van der Waals surface area contributed by atoms with Crippen LogP contribution in [-0.4, -0.2) is 24.3 Å². The molecule has 2 aromatic rings. The SMILES string of the molecule is CS(=O)(=O)Nn1c(=O)[nH]c2cc(C(F)(F)F)c(C#N)cc2c1=O. The van der Waals surface area contributed by atoms with Crippen molar-refractivity contribution in [1.29, 1.82) is 5.26 Å². The van der Waals surface area contributed by atoms with Gasteiger partial charge in [-0.15, -0.1) is 0 Å². The van der Waals surface area contributed by atoms with Crippen molar-refractivity contribution < 1.29 is 21.6 Å². The quantitative estimate of drug-likeness (QED) is 0.795. The van der Waals surface area contributed by atoms with Gasteiger partial charge in [0, 0.05) is 0 Å². The molecule has 0 atom stereocenters. The van der Waals surface area contributed by atoms with Gasteiger partial charge in [0.15, 0.2) is 0 Å². The van der Waals surface area contributed by atoms with Crippen molar-refractivity contribution in [3.8, 4) is 6.07 Å². The molecule has 0 aliphatic heterocycles. The average molecular weight is 348 g/mol. The number of hydrogen-bond donors (Lipinski definition) is 2. The van der Waals surface area contributed by atoms with Crippen molar-refractivity contribution in [2.45, 2.75) is 6.18 Å². The van der Waals surface area contributed by atoms with Crippen molar-refractivity contribution in [3.63, 3.8) is 0 Å². The number of fused-ring (bicyclic) bond motifs is 1. The Morgan fingerprint density at radius 1 is 1.30 bits per heavy atom. The van der Waals surface area contributed by atoms with E-state index in [1.54, 1.807) is 4.83 Å². The molecule has 0 bridgehead atoms. The fraction of sp³-hybridized carbons (Fsp3) is 0.182. The summed E-state index contributed by atoms with van der Waals surface area (Å²) in [6, 6.07) is 2.39. The summed E-state index contributed by atoms with van der Waals surface area (Å²) in [5.74, 6) is 0. The van der Waals surface area contributed by atoms with E-state index in [-0.39, 0.29) is 4.68 Å². The van der Waals surface area contributed by atoms with Crippen LogP contribution in [0, 0.1) is 11.3 Å². The molecule has 1 heterocycles. The van der Waals surface area contributed by atoms with Crippen LogP contribution in [0.1, 0.15) is 11.1 Å². The van der Waals surface area contributed by atoms with Crippen molar-refractivity contribution in [2.24, 2.45) is 0 Å². The third kappa shape index (κ3) is 3.19. The lowest BCUT2D eigenvalue weighted by Gasteiger charge is -2.11. The highest BCUT2D eigenvalue weighted by Gasteiger charge is 2.34. The molecule has 2 N–H and O–H groups in total. The first-order valence-corrected chi connectivity index (χ1v) is 7.61. The van der Waals surface area contributed by atoms with Gasteiger partial charge < -0.3 is 4.98 Å². The molecule has 0 aliphatic carbocycles. The van der Waals surface area contributed by atoms with Gasteiger partial charge in [0.2, 0.25) is 10.0 Å². The van der Waals surface area contributed by atoms with Crippen molar-refractivity contribution in [2.75, 3.05) is 11.1 Å². The fourth-order valence-corrected chi connectivity index (χ4v) is 2.34. The van der Waals surface area contributed by atoms with Gasteiger partial charge in [-0.05, 0) is 12.1 Å². The summed E-state index contributed by atoms with van der Waals surface area (Å²) in [5.41, 5.74) is -5.11. The summed E-state index contributed by atoms with van der Waals surface area (Å²) in [5, 5.41) is 8.35. The molecule has 0 radical (unpaired) electrons. The summed E-state index contributed by atoms with van der Waals surface area (Å²) in [6.45, 7) is 0.